The molecule has 0 unspecified atom stereocenters. The molecule has 4 rings (SSSR count). The predicted octanol–water partition coefficient (Wildman–Crippen LogP) is 3.41. The summed E-state index contributed by atoms with van der Waals surface area (Å²) < 4.78 is 13.5. The van der Waals surface area contributed by atoms with Gasteiger partial charge in [-0.3, -0.25) is 4.79 Å². The number of carbonyl (C=O) groups excluding carboxylic acids is 2. The van der Waals surface area contributed by atoms with E-state index in [0.29, 0.717) is 17.4 Å². The van der Waals surface area contributed by atoms with Crippen LogP contribution in [0.3, 0.4) is 0 Å². The predicted molar refractivity (Wildman–Crippen MR) is 93.0 cm³/mol. The largest absolute Gasteiger partial charge is 0.348 e. The normalized spacial score (nSPS) is 24.3. The average molecular weight is 382 g/mol. The monoisotopic (exact) mass is 381 g/mol. The molecule has 0 saturated heterocycles. The topological polar surface area (TPSA) is 97.7 Å². The Balaban J connectivity index is 1.52. The molecule has 1 aromatic carbocycles. The molecule has 0 radical (unpaired) electrons. The van der Waals surface area contributed by atoms with Crippen LogP contribution in [0.5, 0.6) is 0 Å². The molecule has 0 aromatic heterocycles. The van der Waals surface area contributed by atoms with Crippen molar-refractivity contribution in [2.75, 3.05) is 6.54 Å². The van der Waals surface area contributed by atoms with Crippen molar-refractivity contribution in [1.29, 1.82) is 5.53 Å². The molecule has 0 spiro atoms. The number of halogens is 2. The van der Waals surface area contributed by atoms with Crippen LogP contribution < -0.4 is 10.6 Å². The Morgan fingerprint density at radius 3 is 2.73 bits per heavy atom. The van der Waals surface area contributed by atoms with Crippen LogP contribution in [0.2, 0.25) is 5.02 Å². The van der Waals surface area contributed by atoms with Crippen LogP contribution in [-0.4, -0.2) is 29.5 Å². The molecular weight excluding hydrogens is 361 g/mol. The number of hydrogen-bond donors (Lipinski definition) is 3. The van der Waals surface area contributed by atoms with Gasteiger partial charge in [0.2, 0.25) is 5.91 Å². The fourth-order valence-corrected chi connectivity index (χ4v) is 3.83. The maximum absolute atomic E-state index is 13.5. The first-order chi connectivity index (χ1) is 12.4. The highest BCUT2D eigenvalue weighted by molar-refractivity contribution is 6.30. The van der Waals surface area contributed by atoms with Crippen LogP contribution in [0, 0.1) is 23.2 Å². The van der Waals surface area contributed by atoms with Crippen LogP contribution >= 0.6 is 11.6 Å². The van der Waals surface area contributed by atoms with Gasteiger partial charge >= 0.3 is 6.03 Å². The molecule has 3 amide bonds. The van der Waals surface area contributed by atoms with Gasteiger partial charge in [0, 0.05) is 6.04 Å². The Morgan fingerprint density at radius 1 is 1.42 bits per heavy atom. The minimum Gasteiger partial charge on any atom is -0.348 e. The number of carbonyl (C=O) groups is 2. The molecule has 3 N–H and O–H groups in total. The first-order valence-electron chi connectivity index (χ1n) is 8.57. The van der Waals surface area contributed by atoms with Crippen molar-refractivity contribution in [1.82, 2.24) is 15.6 Å². The Labute approximate surface area is 155 Å². The summed E-state index contributed by atoms with van der Waals surface area (Å²) in [7, 11) is 0. The lowest BCUT2D eigenvalue weighted by molar-refractivity contribution is -0.122. The Bertz CT molecular complexity index is 725. The molecule has 9 heteroatoms. The Kier molecular flexibility index (Phi) is 5.41. The molecule has 3 aliphatic rings. The molecule has 7 nitrogen and oxygen atoms in total. The Hall–Kier alpha value is -2.22. The molecular formula is C17H21ClFN5O2. The number of amides is 3. The maximum atomic E-state index is 13.5. The van der Waals surface area contributed by atoms with Gasteiger partial charge in [-0.15, -0.1) is 0 Å². The van der Waals surface area contributed by atoms with Gasteiger partial charge < -0.3 is 10.6 Å². The second-order valence-electron chi connectivity index (χ2n) is 7.01. The third-order valence-electron chi connectivity index (χ3n) is 5.21. The highest BCUT2D eigenvalue weighted by Gasteiger charge is 2.45. The smallest absolute Gasteiger partial charge is 0.339 e. The van der Waals surface area contributed by atoms with Crippen LogP contribution in [0.15, 0.2) is 23.4 Å². The first kappa shape index (κ1) is 18.6. The van der Waals surface area contributed by atoms with E-state index in [2.05, 4.69) is 15.9 Å². The number of nitrogens with zero attached hydrogens (tertiary/aromatic N) is 2. The standard InChI is InChI=1S/C17H21ClFN5O2/c1-9(11-2-3-13(18)14(19)7-11)21-16(25)8-24(23-20)17(26)22-15-6-10-4-12(15)5-10/h2-3,7,9-10,12,15,20H,4-6,8H2,1H3,(H,21,25)(H,22,26)/t9-,10?,12?,15+/m0/s1. The quantitative estimate of drug-likeness (QED) is 0.519. The Morgan fingerprint density at radius 2 is 2.15 bits per heavy atom. The minimum absolute atomic E-state index is 0.00736. The molecule has 2 atom stereocenters. The van der Waals surface area contributed by atoms with E-state index in [1.165, 1.54) is 12.1 Å². The number of fused-ring (bicyclic) bond motifs is 1. The van der Waals surface area contributed by atoms with Crippen molar-refractivity contribution in [3.05, 3.63) is 34.6 Å². The summed E-state index contributed by atoms with van der Waals surface area (Å²) in [5.74, 6) is 0.137. The zero-order valence-corrected chi connectivity index (χ0v) is 15.1. The number of nitrogens with one attached hydrogen (secondary N) is 3. The van der Waals surface area contributed by atoms with E-state index in [-0.39, 0.29) is 17.6 Å². The van der Waals surface area contributed by atoms with Gasteiger partial charge in [-0.25, -0.2) is 9.18 Å². The fraction of sp³-hybridized carbons (Fsp3) is 0.529. The molecule has 26 heavy (non-hydrogen) atoms. The van der Waals surface area contributed by atoms with Crippen molar-refractivity contribution in [2.45, 2.75) is 38.3 Å². The summed E-state index contributed by atoms with van der Waals surface area (Å²) >= 11 is 5.65. The lowest BCUT2D eigenvalue weighted by Gasteiger charge is -2.26. The van der Waals surface area contributed by atoms with Crippen molar-refractivity contribution < 1.29 is 14.0 Å². The number of benzene rings is 1. The lowest BCUT2D eigenvalue weighted by Crippen LogP contribution is -2.46. The summed E-state index contributed by atoms with van der Waals surface area (Å²) in [4.78, 5) is 24.4. The molecule has 3 aliphatic carbocycles. The summed E-state index contributed by atoms with van der Waals surface area (Å²) in [5.41, 5.74) is 7.71. The maximum Gasteiger partial charge on any atom is 0.339 e. The fourth-order valence-electron chi connectivity index (χ4n) is 3.71. The van der Waals surface area contributed by atoms with E-state index in [4.69, 9.17) is 17.1 Å². The van der Waals surface area contributed by atoms with Gasteiger partial charge in [-0.2, -0.15) is 10.5 Å². The molecule has 2 bridgehead atoms. The summed E-state index contributed by atoms with van der Waals surface area (Å²) in [6.07, 6.45) is 3.23. The molecule has 3 fully saturated rings. The second kappa shape index (κ2) is 7.57. The second-order valence-corrected chi connectivity index (χ2v) is 7.42. The van der Waals surface area contributed by atoms with Gasteiger partial charge in [0.25, 0.3) is 0 Å². The zero-order valence-electron chi connectivity index (χ0n) is 14.3. The first-order valence-corrected chi connectivity index (χ1v) is 8.95. The van der Waals surface area contributed by atoms with Crippen molar-refractivity contribution in [3.8, 4) is 0 Å². The molecule has 1 aromatic rings. The van der Waals surface area contributed by atoms with E-state index < -0.39 is 23.8 Å². The summed E-state index contributed by atoms with van der Waals surface area (Å²) in [6.45, 7) is 1.31. The lowest BCUT2D eigenvalue weighted by atomic mass is 9.84. The number of urea groups is 1. The van der Waals surface area contributed by atoms with E-state index >= 15 is 0 Å². The molecule has 140 valence electrons. The van der Waals surface area contributed by atoms with Crippen LogP contribution in [0.25, 0.3) is 0 Å². The molecule has 0 heterocycles. The van der Waals surface area contributed by atoms with Gasteiger partial charge in [0.15, 0.2) is 0 Å². The average Bonchev–Trinajstić information content (AvgIpc) is 3.13. The van der Waals surface area contributed by atoms with Gasteiger partial charge in [0.05, 0.1) is 11.1 Å². The van der Waals surface area contributed by atoms with Gasteiger partial charge in [-0.1, -0.05) is 22.9 Å². The van der Waals surface area contributed by atoms with E-state index in [1.807, 2.05) is 0 Å². The third-order valence-corrected chi connectivity index (χ3v) is 5.51. The van der Waals surface area contributed by atoms with E-state index in [9.17, 15) is 14.0 Å². The van der Waals surface area contributed by atoms with Crippen LogP contribution in [0.4, 0.5) is 9.18 Å². The SMILES string of the molecule is C[C@H](NC(=O)CN(N=N)C(=O)N[C@@H]1CC2CC1C2)c1ccc(Cl)c(F)c1. The minimum atomic E-state index is -0.567. The highest BCUT2D eigenvalue weighted by atomic mass is 35.5. The summed E-state index contributed by atoms with van der Waals surface area (Å²) in [5, 5.41) is 9.46. The van der Waals surface area contributed by atoms with Crippen molar-refractivity contribution in [2.24, 2.45) is 17.1 Å². The van der Waals surface area contributed by atoms with Crippen LogP contribution in [0.1, 0.15) is 37.8 Å². The van der Waals surface area contributed by atoms with Gasteiger partial charge in [0.1, 0.15) is 12.4 Å². The summed E-state index contributed by atoms with van der Waals surface area (Å²) in [6, 6.07) is 3.36. The molecule has 0 aliphatic heterocycles. The number of hydrogen-bond acceptors (Lipinski definition) is 4. The van der Waals surface area contributed by atoms with E-state index in [1.54, 1.807) is 13.0 Å². The van der Waals surface area contributed by atoms with E-state index in [0.717, 1.165) is 24.3 Å². The molecule has 3 saturated carbocycles. The zero-order chi connectivity index (χ0) is 18.8. The van der Waals surface area contributed by atoms with Crippen LogP contribution in [-0.2, 0) is 4.79 Å². The highest BCUT2D eigenvalue weighted by Crippen LogP contribution is 2.48. The van der Waals surface area contributed by atoms with Crippen molar-refractivity contribution in [3.63, 3.8) is 0 Å². The number of rotatable bonds is 6. The van der Waals surface area contributed by atoms with Gasteiger partial charge in [-0.05, 0) is 55.7 Å². The third kappa shape index (κ3) is 3.95. The van der Waals surface area contributed by atoms with Crippen molar-refractivity contribution >= 4 is 23.5 Å².